The number of hydrazine groups is 1. The first-order chi connectivity index (χ1) is 12.3. The summed E-state index contributed by atoms with van der Waals surface area (Å²) in [5.41, 5.74) is 8.48. The van der Waals surface area contributed by atoms with Gasteiger partial charge in [0.05, 0.1) is 18.6 Å². The summed E-state index contributed by atoms with van der Waals surface area (Å²) in [6.45, 7) is 3.94. The van der Waals surface area contributed by atoms with Crippen molar-refractivity contribution in [2.75, 3.05) is 13.2 Å². The Balaban J connectivity index is 1.55. The normalized spacial score (nSPS) is 19.6. The number of amides is 1. The van der Waals surface area contributed by atoms with E-state index in [1.54, 1.807) is 0 Å². The van der Waals surface area contributed by atoms with Gasteiger partial charge in [-0.1, -0.05) is 49.4 Å². The summed E-state index contributed by atoms with van der Waals surface area (Å²) in [5.74, 6) is 0.789. The lowest BCUT2D eigenvalue weighted by molar-refractivity contribution is -0.125. The third-order valence-corrected chi connectivity index (χ3v) is 4.34. The fraction of sp³-hybridized carbons (Fsp3) is 0.350. The van der Waals surface area contributed by atoms with Gasteiger partial charge >= 0.3 is 0 Å². The predicted molar refractivity (Wildman–Crippen MR) is 97.9 cm³/mol. The van der Waals surface area contributed by atoms with E-state index in [9.17, 15) is 4.79 Å². The molecule has 3 N–H and O–H groups in total. The van der Waals surface area contributed by atoms with Crippen LogP contribution in [0.2, 0.25) is 0 Å². The first kappa shape index (κ1) is 17.5. The molecule has 0 radical (unpaired) electrons. The summed E-state index contributed by atoms with van der Waals surface area (Å²) in [4.78, 5) is 12.6. The second kappa shape index (κ2) is 8.65. The molecule has 5 heteroatoms. The van der Waals surface area contributed by atoms with Crippen molar-refractivity contribution in [1.82, 2.24) is 16.2 Å². The van der Waals surface area contributed by atoms with Crippen molar-refractivity contribution in [2.24, 2.45) is 5.92 Å². The molecule has 1 aliphatic heterocycles. The van der Waals surface area contributed by atoms with Gasteiger partial charge in [0, 0.05) is 13.1 Å². The molecule has 5 nitrogen and oxygen atoms in total. The molecule has 2 atom stereocenters. The molecule has 25 heavy (non-hydrogen) atoms. The van der Waals surface area contributed by atoms with Crippen LogP contribution in [0.5, 0.6) is 5.75 Å². The number of rotatable bonds is 7. The van der Waals surface area contributed by atoms with Gasteiger partial charge in [0.15, 0.2) is 0 Å². The zero-order valence-corrected chi connectivity index (χ0v) is 14.5. The second-order valence-electron chi connectivity index (χ2n) is 6.23. The lowest BCUT2D eigenvalue weighted by Crippen LogP contribution is -2.34. The molecule has 1 amide bonds. The molecule has 1 aliphatic rings. The van der Waals surface area contributed by atoms with Crippen molar-refractivity contribution in [3.8, 4) is 5.75 Å². The molecular weight excluding hydrogens is 314 g/mol. The zero-order valence-electron chi connectivity index (χ0n) is 14.5. The lowest BCUT2D eigenvalue weighted by Gasteiger charge is -2.18. The SMILES string of the molecule is CCCOc1ccc(CNC(=O)C2CNNC2c2ccccc2)cc1. The standard InChI is InChI=1S/C20H25N3O2/c1-2-12-25-17-10-8-15(9-11-17)13-21-20(24)18-14-22-23-19(18)16-6-4-3-5-7-16/h3-11,18-19,22-23H,2,12-14H2,1H3,(H,21,24). The minimum Gasteiger partial charge on any atom is -0.494 e. The Morgan fingerprint density at radius 1 is 1.16 bits per heavy atom. The summed E-state index contributed by atoms with van der Waals surface area (Å²) < 4.78 is 5.58. The molecule has 2 aromatic carbocycles. The van der Waals surface area contributed by atoms with Gasteiger partial charge in [0.2, 0.25) is 5.91 Å². The maximum atomic E-state index is 12.6. The van der Waals surface area contributed by atoms with Crippen molar-refractivity contribution in [2.45, 2.75) is 25.9 Å². The Hall–Kier alpha value is -2.37. The minimum atomic E-state index is -0.130. The molecule has 0 aromatic heterocycles. The number of hydrogen-bond acceptors (Lipinski definition) is 4. The van der Waals surface area contributed by atoms with Crippen LogP contribution in [-0.4, -0.2) is 19.1 Å². The van der Waals surface area contributed by atoms with E-state index in [1.165, 1.54) is 0 Å². The zero-order chi connectivity index (χ0) is 17.5. The maximum Gasteiger partial charge on any atom is 0.226 e. The lowest BCUT2D eigenvalue weighted by atomic mass is 9.94. The number of carbonyl (C=O) groups is 1. The highest BCUT2D eigenvalue weighted by atomic mass is 16.5. The first-order valence-electron chi connectivity index (χ1n) is 8.80. The van der Waals surface area contributed by atoms with Crippen LogP contribution in [0.1, 0.15) is 30.5 Å². The van der Waals surface area contributed by atoms with E-state index in [0.717, 1.165) is 29.9 Å². The van der Waals surface area contributed by atoms with Gasteiger partial charge < -0.3 is 10.1 Å². The Morgan fingerprint density at radius 2 is 1.92 bits per heavy atom. The van der Waals surface area contributed by atoms with Crippen LogP contribution in [0.25, 0.3) is 0 Å². The molecule has 3 rings (SSSR count). The average molecular weight is 339 g/mol. The van der Waals surface area contributed by atoms with E-state index < -0.39 is 0 Å². The molecule has 0 spiro atoms. The number of hydrogen-bond donors (Lipinski definition) is 3. The molecule has 1 fully saturated rings. The molecule has 2 aromatic rings. The average Bonchev–Trinajstić information content (AvgIpc) is 3.16. The van der Waals surface area contributed by atoms with E-state index in [1.807, 2.05) is 54.6 Å². The van der Waals surface area contributed by atoms with Crippen LogP contribution in [0.15, 0.2) is 54.6 Å². The van der Waals surface area contributed by atoms with Crippen molar-refractivity contribution in [1.29, 1.82) is 0 Å². The molecule has 2 unspecified atom stereocenters. The van der Waals surface area contributed by atoms with E-state index in [4.69, 9.17) is 4.74 Å². The van der Waals surface area contributed by atoms with E-state index in [-0.39, 0.29) is 17.9 Å². The molecule has 132 valence electrons. The molecule has 0 bridgehead atoms. The van der Waals surface area contributed by atoms with E-state index >= 15 is 0 Å². The van der Waals surface area contributed by atoms with Crippen LogP contribution in [0, 0.1) is 5.92 Å². The Bertz CT molecular complexity index is 673. The van der Waals surface area contributed by atoms with Crippen LogP contribution in [0.3, 0.4) is 0 Å². The van der Waals surface area contributed by atoms with Crippen molar-refractivity contribution < 1.29 is 9.53 Å². The van der Waals surface area contributed by atoms with Crippen molar-refractivity contribution in [3.63, 3.8) is 0 Å². The highest BCUT2D eigenvalue weighted by Gasteiger charge is 2.33. The van der Waals surface area contributed by atoms with Crippen LogP contribution in [0.4, 0.5) is 0 Å². The minimum absolute atomic E-state index is 0.00831. The number of ether oxygens (including phenoxy) is 1. The van der Waals surface area contributed by atoms with Gasteiger partial charge in [-0.15, -0.1) is 0 Å². The summed E-state index contributed by atoms with van der Waals surface area (Å²) in [5, 5.41) is 3.04. The molecule has 1 saturated heterocycles. The first-order valence-corrected chi connectivity index (χ1v) is 8.80. The smallest absolute Gasteiger partial charge is 0.226 e. The monoisotopic (exact) mass is 339 g/mol. The van der Waals surface area contributed by atoms with Gasteiger partial charge in [0.1, 0.15) is 5.75 Å². The third kappa shape index (κ3) is 4.59. The summed E-state index contributed by atoms with van der Waals surface area (Å²) in [6.07, 6.45) is 0.990. The highest BCUT2D eigenvalue weighted by Crippen LogP contribution is 2.24. The van der Waals surface area contributed by atoms with Gasteiger partial charge in [0.25, 0.3) is 0 Å². The maximum absolute atomic E-state index is 12.6. The fourth-order valence-electron chi connectivity index (χ4n) is 2.96. The molecule has 0 aliphatic carbocycles. The Labute approximate surface area is 148 Å². The van der Waals surface area contributed by atoms with Gasteiger partial charge in [-0.25, -0.2) is 5.43 Å². The van der Waals surface area contributed by atoms with Crippen LogP contribution >= 0.6 is 0 Å². The van der Waals surface area contributed by atoms with Gasteiger partial charge in [-0.05, 0) is 29.7 Å². The van der Waals surface area contributed by atoms with Crippen LogP contribution in [-0.2, 0) is 11.3 Å². The largest absolute Gasteiger partial charge is 0.494 e. The molecule has 1 heterocycles. The Morgan fingerprint density at radius 3 is 2.64 bits per heavy atom. The molecular formula is C20H25N3O2. The van der Waals surface area contributed by atoms with E-state index in [0.29, 0.717) is 13.1 Å². The number of nitrogens with one attached hydrogen (secondary N) is 3. The molecule has 0 saturated carbocycles. The number of carbonyl (C=O) groups excluding carboxylic acids is 1. The second-order valence-corrected chi connectivity index (χ2v) is 6.23. The van der Waals surface area contributed by atoms with E-state index in [2.05, 4.69) is 23.1 Å². The van der Waals surface area contributed by atoms with Crippen molar-refractivity contribution in [3.05, 3.63) is 65.7 Å². The summed E-state index contributed by atoms with van der Waals surface area (Å²) in [6, 6.07) is 17.9. The third-order valence-electron chi connectivity index (χ3n) is 4.34. The quantitative estimate of drug-likeness (QED) is 0.725. The summed E-state index contributed by atoms with van der Waals surface area (Å²) >= 11 is 0. The van der Waals surface area contributed by atoms with Crippen molar-refractivity contribution >= 4 is 5.91 Å². The fourth-order valence-corrected chi connectivity index (χ4v) is 2.96. The topological polar surface area (TPSA) is 62.4 Å². The highest BCUT2D eigenvalue weighted by molar-refractivity contribution is 5.80. The van der Waals surface area contributed by atoms with Gasteiger partial charge in [-0.3, -0.25) is 10.2 Å². The number of benzene rings is 2. The predicted octanol–water partition coefficient (Wildman–Crippen LogP) is 2.56. The van der Waals surface area contributed by atoms with Crippen LogP contribution < -0.4 is 20.9 Å². The van der Waals surface area contributed by atoms with Gasteiger partial charge in [-0.2, -0.15) is 0 Å². The Kier molecular flexibility index (Phi) is 6.04. The summed E-state index contributed by atoms with van der Waals surface area (Å²) in [7, 11) is 0.